The highest BCUT2D eigenvalue weighted by Gasteiger charge is 2.84. The number of aliphatic hydroxyl groups excluding tert-OH is 1. The Hall–Kier alpha value is -1.71. The fourth-order valence-corrected chi connectivity index (χ4v) is 11.8. The number of esters is 1. The lowest BCUT2D eigenvalue weighted by molar-refractivity contribution is -0.279. The van der Waals surface area contributed by atoms with E-state index in [4.69, 9.17) is 23.7 Å². The zero-order valence-electron chi connectivity index (χ0n) is 24.5. The Morgan fingerprint density at radius 2 is 1.90 bits per heavy atom. The number of aliphatic hydroxyl groups is 1. The van der Waals surface area contributed by atoms with Crippen LogP contribution in [0.2, 0.25) is 0 Å². The van der Waals surface area contributed by atoms with Crippen molar-refractivity contribution in [3.05, 3.63) is 29.8 Å². The number of methoxy groups -OCH3 is 4. The average Bonchev–Trinajstić information content (AvgIpc) is 3.45. The maximum absolute atomic E-state index is 13.4. The number of benzene rings is 1. The third-order valence-electron chi connectivity index (χ3n) is 12.9. The lowest BCUT2D eigenvalue weighted by atomic mass is 9.43. The van der Waals surface area contributed by atoms with E-state index in [1.165, 1.54) is 0 Å². The Bertz CT molecular complexity index is 1160. The maximum atomic E-state index is 13.4. The number of piperidine rings is 1. The highest BCUT2D eigenvalue weighted by molar-refractivity contribution is 5.92. The molecular weight excluding hydrogens is 510 g/mol. The molecule has 6 aliphatic rings. The highest BCUT2D eigenvalue weighted by Crippen LogP contribution is 2.79. The van der Waals surface area contributed by atoms with Crippen LogP contribution in [0.4, 0.5) is 0 Å². The molecule has 1 aliphatic heterocycles. The van der Waals surface area contributed by atoms with Crippen molar-refractivity contribution >= 4 is 5.97 Å². The summed E-state index contributed by atoms with van der Waals surface area (Å²) in [6.45, 7) is 4.37. The summed E-state index contributed by atoms with van der Waals surface area (Å²) in [4.78, 5) is 16.0. The molecule has 0 aromatic heterocycles. The van der Waals surface area contributed by atoms with Gasteiger partial charge in [0.05, 0.1) is 37.6 Å². The molecule has 8 heteroatoms. The minimum atomic E-state index is -0.391. The molecule has 0 amide bonds. The number of ether oxygens (including phenoxy) is 5. The van der Waals surface area contributed by atoms with E-state index < -0.39 is 6.10 Å². The van der Waals surface area contributed by atoms with Gasteiger partial charge in [-0.15, -0.1) is 0 Å². The fourth-order valence-electron chi connectivity index (χ4n) is 11.8. The van der Waals surface area contributed by atoms with E-state index in [9.17, 15) is 9.90 Å². The Balaban J connectivity index is 1.31. The summed E-state index contributed by atoms with van der Waals surface area (Å²) in [6.07, 6.45) is 4.18. The molecule has 1 spiro atoms. The van der Waals surface area contributed by atoms with Crippen LogP contribution in [0.15, 0.2) is 24.3 Å². The summed E-state index contributed by atoms with van der Waals surface area (Å²) in [7, 11) is 7.13. The molecule has 6 fully saturated rings. The van der Waals surface area contributed by atoms with Crippen LogP contribution in [0.5, 0.6) is 5.75 Å². The Morgan fingerprint density at radius 3 is 2.60 bits per heavy atom. The van der Waals surface area contributed by atoms with Crippen molar-refractivity contribution < 1.29 is 33.6 Å². The minimum Gasteiger partial charge on any atom is -0.496 e. The number of hydrogen-bond acceptors (Lipinski definition) is 8. The SMILES string of the molecule is CCN1C[C@]2(COC(=O)c3ccccc3OC)CC[C@H](O)[C@@]34[C@@H]5C[C@H]6[C@H](OC)[C@@H]5[C@](OC)(C[C@@H]6OC)[C@@H](C[C@H]23)[C@@H]14. The van der Waals surface area contributed by atoms with Crippen LogP contribution in [-0.4, -0.2) is 94.1 Å². The molecule has 1 aromatic rings. The van der Waals surface area contributed by atoms with Crippen molar-refractivity contribution in [1.29, 1.82) is 0 Å². The molecule has 5 saturated carbocycles. The van der Waals surface area contributed by atoms with E-state index >= 15 is 0 Å². The molecule has 40 heavy (non-hydrogen) atoms. The van der Waals surface area contributed by atoms with E-state index in [0.717, 1.165) is 45.2 Å². The lowest BCUT2D eigenvalue weighted by Gasteiger charge is -2.69. The van der Waals surface area contributed by atoms with Gasteiger partial charge >= 0.3 is 5.97 Å². The number of para-hydroxylation sites is 1. The van der Waals surface area contributed by atoms with Crippen molar-refractivity contribution in [2.24, 2.45) is 40.4 Å². The van der Waals surface area contributed by atoms with Crippen molar-refractivity contribution in [2.45, 2.75) is 69.0 Å². The van der Waals surface area contributed by atoms with E-state index in [-0.39, 0.29) is 64.3 Å². The van der Waals surface area contributed by atoms with Gasteiger partial charge in [-0.25, -0.2) is 4.79 Å². The summed E-state index contributed by atoms with van der Waals surface area (Å²) >= 11 is 0. The highest BCUT2D eigenvalue weighted by atomic mass is 16.5. The second kappa shape index (κ2) is 9.40. The number of fused-ring (bicyclic) bond motifs is 2. The fraction of sp³-hybridized carbons (Fsp3) is 0.781. The van der Waals surface area contributed by atoms with Crippen LogP contribution in [-0.2, 0) is 18.9 Å². The van der Waals surface area contributed by atoms with Crippen molar-refractivity contribution in [3.63, 3.8) is 0 Å². The first kappa shape index (κ1) is 27.1. The Morgan fingerprint density at radius 1 is 1.10 bits per heavy atom. The first-order valence-electron chi connectivity index (χ1n) is 15.2. The number of nitrogens with zero attached hydrogens (tertiary/aromatic N) is 1. The molecule has 7 rings (SSSR count). The number of carbonyl (C=O) groups excluding carboxylic acids is 1. The second-order valence-electron chi connectivity index (χ2n) is 13.5. The van der Waals surface area contributed by atoms with Gasteiger partial charge in [0.2, 0.25) is 0 Å². The topological polar surface area (TPSA) is 86.7 Å². The van der Waals surface area contributed by atoms with Crippen molar-refractivity contribution in [2.75, 3.05) is 48.1 Å². The molecule has 1 heterocycles. The van der Waals surface area contributed by atoms with Gasteiger partial charge in [-0.2, -0.15) is 0 Å². The normalized spacial score (nSPS) is 48.2. The van der Waals surface area contributed by atoms with Gasteiger partial charge in [0.15, 0.2) is 0 Å². The largest absolute Gasteiger partial charge is 0.496 e. The predicted molar refractivity (Wildman–Crippen MR) is 147 cm³/mol. The third kappa shape index (κ3) is 3.12. The monoisotopic (exact) mass is 555 g/mol. The Labute approximate surface area is 237 Å². The molecule has 7 bridgehead atoms. The standard InChI is InChI=1S/C32H45NO7/c1-6-33-16-30(17-40-29(35)18-9-7-8-10-22(18)36-2)12-11-25(34)32-20-13-19-23(37-3)15-31(39-5,26(20)27(19)38-4)21(28(32)33)14-24(30)32/h7-10,19-21,23-28,34H,6,11-17H2,1-5H3/t19-,20-,21+,23+,24-,25+,26-,27+,28-,30+,31+,32-/m1/s1. The molecule has 0 unspecified atom stereocenters. The smallest absolute Gasteiger partial charge is 0.341 e. The molecular formula is C32H45NO7. The van der Waals surface area contributed by atoms with E-state index in [1.54, 1.807) is 19.2 Å². The van der Waals surface area contributed by atoms with Gasteiger partial charge in [0.1, 0.15) is 11.3 Å². The van der Waals surface area contributed by atoms with Crippen LogP contribution in [0.3, 0.4) is 0 Å². The number of carbonyl (C=O) groups is 1. The molecule has 0 radical (unpaired) electrons. The summed E-state index contributed by atoms with van der Waals surface area (Å²) in [6, 6.07) is 7.50. The second-order valence-corrected chi connectivity index (χ2v) is 13.5. The van der Waals surface area contributed by atoms with Gasteiger partial charge < -0.3 is 28.8 Å². The quantitative estimate of drug-likeness (QED) is 0.489. The predicted octanol–water partition coefficient (Wildman–Crippen LogP) is 3.40. The number of hydrogen-bond donors (Lipinski definition) is 1. The van der Waals surface area contributed by atoms with Crippen LogP contribution >= 0.6 is 0 Å². The number of likely N-dealkylation sites (tertiary alicyclic amines) is 1. The molecule has 5 aliphatic carbocycles. The van der Waals surface area contributed by atoms with Gasteiger partial charge in [-0.1, -0.05) is 19.1 Å². The molecule has 220 valence electrons. The molecule has 8 nitrogen and oxygen atoms in total. The van der Waals surface area contributed by atoms with Crippen LogP contribution in [0, 0.1) is 40.4 Å². The zero-order chi connectivity index (χ0) is 28.0. The summed E-state index contributed by atoms with van der Waals surface area (Å²) in [5, 5.41) is 12.2. The van der Waals surface area contributed by atoms with E-state index in [2.05, 4.69) is 11.8 Å². The van der Waals surface area contributed by atoms with Crippen LogP contribution < -0.4 is 4.74 Å². The molecule has 1 N–H and O–H groups in total. The first-order chi connectivity index (χ1) is 19.4. The van der Waals surface area contributed by atoms with Crippen molar-refractivity contribution in [3.8, 4) is 5.75 Å². The lowest BCUT2D eigenvalue weighted by Crippen LogP contribution is -2.76. The average molecular weight is 556 g/mol. The first-order valence-corrected chi connectivity index (χ1v) is 15.2. The van der Waals surface area contributed by atoms with E-state index in [0.29, 0.717) is 23.8 Å². The van der Waals surface area contributed by atoms with Crippen molar-refractivity contribution in [1.82, 2.24) is 4.90 Å². The Kier molecular flexibility index (Phi) is 6.38. The summed E-state index contributed by atoms with van der Waals surface area (Å²) in [5.41, 5.74) is -0.385. The van der Waals surface area contributed by atoms with Gasteiger partial charge in [-0.3, -0.25) is 4.90 Å². The van der Waals surface area contributed by atoms with Gasteiger partial charge in [0.25, 0.3) is 0 Å². The summed E-state index contributed by atoms with van der Waals surface area (Å²) < 4.78 is 30.8. The van der Waals surface area contributed by atoms with Gasteiger partial charge in [-0.05, 0) is 56.2 Å². The van der Waals surface area contributed by atoms with E-state index in [1.807, 2.05) is 33.5 Å². The minimum absolute atomic E-state index is 0.0594. The third-order valence-corrected chi connectivity index (χ3v) is 12.9. The molecule has 1 saturated heterocycles. The molecule has 12 atom stereocenters. The van der Waals surface area contributed by atoms with Crippen LogP contribution in [0.1, 0.15) is 49.4 Å². The zero-order valence-corrected chi connectivity index (χ0v) is 24.5. The maximum Gasteiger partial charge on any atom is 0.341 e. The summed E-state index contributed by atoms with van der Waals surface area (Å²) in [5.74, 6) is 1.50. The van der Waals surface area contributed by atoms with Crippen LogP contribution in [0.25, 0.3) is 0 Å². The van der Waals surface area contributed by atoms with Gasteiger partial charge in [0, 0.05) is 68.9 Å². The molecule has 1 aromatic carbocycles. The number of rotatable bonds is 8.